The van der Waals surface area contributed by atoms with Crippen LogP contribution in [0.1, 0.15) is 10.4 Å². The van der Waals surface area contributed by atoms with E-state index in [0.29, 0.717) is 4.90 Å². The fourth-order valence-corrected chi connectivity index (χ4v) is 1.86. The third kappa shape index (κ3) is 3.48. The van der Waals surface area contributed by atoms with Gasteiger partial charge in [-0.1, -0.05) is 0 Å². The fourth-order valence-electron chi connectivity index (χ4n) is 1.00. The smallest absolute Gasteiger partial charge is 0.338 e. The lowest BCUT2D eigenvalue weighted by Gasteiger charge is -2.07. The number of hydrogen-bond acceptors (Lipinski definition) is 4. The second-order valence-electron chi connectivity index (χ2n) is 3.09. The minimum Gasteiger partial charge on any atom is -0.478 e. The van der Waals surface area contributed by atoms with Crippen LogP contribution in [0.15, 0.2) is 23.1 Å². The first-order valence-corrected chi connectivity index (χ1v) is 5.47. The predicted molar refractivity (Wildman–Crippen MR) is 57.2 cm³/mol. The molecule has 0 aliphatic heterocycles. The van der Waals surface area contributed by atoms with E-state index >= 15 is 0 Å². The number of halogens is 1. The number of aliphatic hydroxyl groups excluding tert-OH is 2. The summed E-state index contributed by atoms with van der Waals surface area (Å²) < 4.78 is 13.0. The zero-order valence-electron chi connectivity index (χ0n) is 8.26. The summed E-state index contributed by atoms with van der Waals surface area (Å²) in [7, 11) is 0. The number of thioether (sulfide) groups is 1. The molecule has 0 spiro atoms. The van der Waals surface area contributed by atoms with Gasteiger partial charge in [0, 0.05) is 10.6 Å². The lowest BCUT2D eigenvalue weighted by Crippen LogP contribution is -2.14. The molecule has 0 fully saturated rings. The fraction of sp³-hybridized carbons (Fsp3) is 0.300. The van der Waals surface area contributed by atoms with Gasteiger partial charge in [-0.2, -0.15) is 0 Å². The number of aromatic carboxylic acids is 1. The maximum Gasteiger partial charge on any atom is 0.338 e. The van der Waals surface area contributed by atoms with Gasteiger partial charge in [-0.15, -0.1) is 11.8 Å². The second-order valence-corrected chi connectivity index (χ2v) is 4.19. The highest BCUT2D eigenvalue weighted by Gasteiger charge is 2.11. The van der Waals surface area contributed by atoms with Gasteiger partial charge in [0.05, 0.1) is 18.3 Å². The molecule has 0 bridgehead atoms. The van der Waals surface area contributed by atoms with Crippen molar-refractivity contribution in [3.8, 4) is 0 Å². The normalized spacial score (nSPS) is 12.4. The molecule has 0 saturated heterocycles. The Morgan fingerprint density at radius 3 is 2.75 bits per heavy atom. The van der Waals surface area contributed by atoms with E-state index < -0.39 is 23.5 Å². The van der Waals surface area contributed by atoms with Crippen molar-refractivity contribution < 1.29 is 24.5 Å². The molecule has 0 heterocycles. The van der Waals surface area contributed by atoms with E-state index in [1.807, 2.05) is 0 Å². The summed E-state index contributed by atoms with van der Waals surface area (Å²) in [4.78, 5) is 11.2. The Balaban J connectivity index is 2.75. The Kier molecular flexibility index (Phi) is 4.72. The third-order valence-electron chi connectivity index (χ3n) is 1.82. The van der Waals surface area contributed by atoms with Crippen LogP contribution in [-0.4, -0.2) is 39.8 Å². The lowest BCUT2D eigenvalue weighted by molar-refractivity contribution is 0.0691. The Labute approximate surface area is 95.7 Å². The summed E-state index contributed by atoms with van der Waals surface area (Å²) in [6.07, 6.45) is -0.872. The molecule has 1 aromatic rings. The van der Waals surface area contributed by atoms with Gasteiger partial charge in [-0.25, -0.2) is 9.18 Å². The van der Waals surface area contributed by atoms with Crippen LogP contribution in [0.25, 0.3) is 0 Å². The highest BCUT2D eigenvalue weighted by molar-refractivity contribution is 7.99. The molecular formula is C10H11FO4S. The van der Waals surface area contributed by atoms with E-state index in [-0.39, 0.29) is 12.4 Å². The Morgan fingerprint density at radius 2 is 2.19 bits per heavy atom. The number of rotatable bonds is 5. The molecule has 1 rings (SSSR count). The van der Waals surface area contributed by atoms with Crippen molar-refractivity contribution in [3.63, 3.8) is 0 Å². The van der Waals surface area contributed by atoms with Gasteiger partial charge in [-0.3, -0.25) is 0 Å². The monoisotopic (exact) mass is 246 g/mol. The molecule has 0 aliphatic carbocycles. The van der Waals surface area contributed by atoms with Crippen LogP contribution in [0.4, 0.5) is 4.39 Å². The molecule has 4 nitrogen and oxygen atoms in total. The third-order valence-corrected chi connectivity index (χ3v) is 2.96. The predicted octanol–water partition coefficient (Wildman–Crippen LogP) is 0.969. The molecule has 16 heavy (non-hydrogen) atoms. The van der Waals surface area contributed by atoms with Gasteiger partial charge in [-0.05, 0) is 18.2 Å². The molecule has 1 atom stereocenters. The zero-order chi connectivity index (χ0) is 12.1. The lowest BCUT2D eigenvalue weighted by atomic mass is 10.2. The van der Waals surface area contributed by atoms with Crippen LogP contribution in [0, 0.1) is 5.82 Å². The molecule has 0 saturated carbocycles. The van der Waals surface area contributed by atoms with Gasteiger partial charge in [0.15, 0.2) is 0 Å². The van der Waals surface area contributed by atoms with E-state index in [9.17, 15) is 9.18 Å². The van der Waals surface area contributed by atoms with Gasteiger partial charge < -0.3 is 15.3 Å². The van der Waals surface area contributed by atoms with Gasteiger partial charge in [0.25, 0.3) is 0 Å². The van der Waals surface area contributed by atoms with Crippen molar-refractivity contribution in [1.82, 2.24) is 0 Å². The summed E-state index contributed by atoms with van der Waals surface area (Å²) in [5, 5.41) is 26.3. The van der Waals surface area contributed by atoms with E-state index in [2.05, 4.69) is 0 Å². The van der Waals surface area contributed by atoms with Crippen molar-refractivity contribution in [2.45, 2.75) is 11.0 Å². The van der Waals surface area contributed by atoms with Crippen LogP contribution < -0.4 is 0 Å². The van der Waals surface area contributed by atoms with Crippen LogP contribution in [0.5, 0.6) is 0 Å². The minimum atomic E-state index is -1.33. The van der Waals surface area contributed by atoms with Crippen LogP contribution >= 0.6 is 11.8 Å². The zero-order valence-corrected chi connectivity index (χ0v) is 9.08. The van der Waals surface area contributed by atoms with Crippen molar-refractivity contribution in [2.24, 2.45) is 0 Å². The molecule has 6 heteroatoms. The van der Waals surface area contributed by atoms with Crippen LogP contribution in [-0.2, 0) is 0 Å². The summed E-state index contributed by atoms with van der Waals surface area (Å²) >= 11 is 1.15. The topological polar surface area (TPSA) is 77.8 Å². The number of benzene rings is 1. The first kappa shape index (κ1) is 13.0. The average Bonchev–Trinajstić information content (AvgIpc) is 2.27. The average molecular weight is 246 g/mol. The van der Waals surface area contributed by atoms with E-state index in [1.165, 1.54) is 12.1 Å². The maximum atomic E-state index is 13.0. The summed E-state index contributed by atoms with van der Waals surface area (Å²) in [5.41, 5.74) is -0.400. The summed E-state index contributed by atoms with van der Waals surface area (Å²) in [5.74, 6) is -1.90. The molecule has 1 unspecified atom stereocenters. The molecule has 0 amide bonds. The Morgan fingerprint density at radius 1 is 1.50 bits per heavy atom. The summed E-state index contributed by atoms with van der Waals surface area (Å²) in [6.45, 7) is -0.361. The SMILES string of the molecule is O=C(O)c1cc(SCC(O)CO)ccc1F. The largest absolute Gasteiger partial charge is 0.478 e. The molecular weight excluding hydrogens is 235 g/mol. The Bertz CT molecular complexity index is 383. The van der Waals surface area contributed by atoms with Crippen LogP contribution in [0.3, 0.4) is 0 Å². The number of hydrogen-bond donors (Lipinski definition) is 3. The molecule has 0 aromatic heterocycles. The highest BCUT2D eigenvalue weighted by Crippen LogP contribution is 2.21. The molecule has 3 N–H and O–H groups in total. The van der Waals surface area contributed by atoms with E-state index in [0.717, 1.165) is 17.8 Å². The Hall–Kier alpha value is -1.11. The molecule has 1 aromatic carbocycles. The second kappa shape index (κ2) is 5.83. The molecule has 0 radical (unpaired) electrons. The molecule has 0 aliphatic rings. The number of carboxylic acid groups (broad SMARTS) is 1. The number of carboxylic acids is 1. The van der Waals surface area contributed by atoms with Crippen molar-refractivity contribution in [2.75, 3.05) is 12.4 Å². The van der Waals surface area contributed by atoms with E-state index in [1.54, 1.807) is 0 Å². The quantitative estimate of drug-likeness (QED) is 0.675. The van der Waals surface area contributed by atoms with Crippen molar-refractivity contribution >= 4 is 17.7 Å². The maximum absolute atomic E-state index is 13.0. The first-order valence-electron chi connectivity index (χ1n) is 4.49. The number of aliphatic hydroxyl groups is 2. The van der Waals surface area contributed by atoms with Gasteiger partial charge >= 0.3 is 5.97 Å². The van der Waals surface area contributed by atoms with Crippen molar-refractivity contribution in [1.29, 1.82) is 0 Å². The minimum absolute atomic E-state index is 0.223. The van der Waals surface area contributed by atoms with Gasteiger partial charge in [0.1, 0.15) is 5.82 Å². The highest BCUT2D eigenvalue weighted by atomic mass is 32.2. The molecule has 88 valence electrons. The van der Waals surface area contributed by atoms with Gasteiger partial charge in [0.2, 0.25) is 0 Å². The number of carbonyl (C=O) groups is 1. The first-order chi connectivity index (χ1) is 7.54. The summed E-state index contributed by atoms with van der Waals surface area (Å²) in [6, 6.07) is 3.69. The van der Waals surface area contributed by atoms with Crippen LogP contribution in [0.2, 0.25) is 0 Å². The van der Waals surface area contributed by atoms with Crippen molar-refractivity contribution in [3.05, 3.63) is 29.6 Å². The standard InChI is InChI=1S/C10H11FO4S/c11-9-2-1-7(3-8(9)10(14)15)16-5-6(13)4-12/h1-3,6,12-13H,4-5H2,(H,14,15). The van der Waals surface area contributed by atoms with E-state index in [4.69, 9.17) is 15.3 Å².